The van der Waals surface area contributed by atoms with Crippen molar-refractivity contribution >= 4 is 49.7 Å². The zero-order valence-corrected chi connectivity index (χ0v) is 12.4. The molecule has 3 aromatic rings. The number of benzene rings is 1. The molecular weight excluding hydrogens is 306 g/mol. The fourth-order valence-corrected chi connectivity index (χ4v) is 4.21. The van der Waals surface area contributed by atoms with E-state index < -0.39 is 11.9 Å². The summed E-state index contributed by atoms with van der Waals surface area (Å²) in [5, 5.41) is 5.95. The van der Waals surface area contributed by atoms with Crippen molar-refractivity contribution in [3.05, 3.63) is 41.3 Å². The minimum absolute atomic E-state index is 0.268. The fourth-order valence-electron chi connectivity index (χ4n) is 2.08. The highest BCUT2D eigenvalue weighted by atomic mass is 32.1. The van der Waals surface area contributed by atoms with E-state index in [-0.39, 0.29) is 5.56 Å². The van der Waals surface area contributed by atoms with E-state index in [1.807, 2.05) is 29.6 Å². The second-order valence-corrected chi connectivity index (χ2v) is 6.32. The quantitative estimate of drug-likeness (QED) is 0.691. The summed E-state index contributed by atoms with van der Waals surface area (Å²) in [6.45, 7) is 0. The van der Waals surface area contributed by atoms with Gasteiger partial charge in [0.2, 0.25) is 0 Å². The van der Waals surface area contributed by atoms with Crippen molar-refractivity contribution in [2.45, 2.75) is 0 Å². The van der Waals surface area contributed by atoms with Gasteiger partial charge in [0.05, 0.1) is 5.56 Å². The maximum Gasteiger partial charge on any atom is 0.317 e. The van der Waals surface area contributed by atoms with Crippen molar-refractivity contribution < 1.29 is 9.59 Å². The summed E-state index contributed by atoms with van der Waals surface area (Å²) in [6.07, 6.45) is 0. The predicted molar refractivity (Wildman–Crippen MR) is 86.9 cm³/mol. The average Bonchev–Trinajstić information content (AvgIpc) is 3.01. The molecular formula is C14H11N3O2S2. The molecule has 0 unspecified atom stereocenters. The smallest absolute Gasteiger partial charge is 0.317 e. The number of anilines is 1. The molecule has 0 aliphatic carbocycles. The largest absolute Gasteiger partial charge is 0.366 e. The van der Waals surface area contributed by atoms with Crippen LogP contribution in [0.25, 0.3) is 20.5 Å². The Morgan fingerprint density at radius 3 is 2.62 bits per heavy atom. The molecule has 0 aliphatic heterocycles. The molecule has 5 nitrogen and oxygen atoms in total. The third-order valence-corrected chi connectivity index (χ3v) is 5.03. The van der Waals surface area contributed by atoms with Crippen LogP contribution in [0.2, 0.25) is 0 Å². The van der Waals surface area contributed by atoms with E-state index in [9.17, 15) is 9.59 Å². The van der Waals surface area contributed by atoms with Crippen LogP contribution in [-0.2, 0) is 0 Å². The first-order valence-corrected chi connectivity index (χ1v) is 7.72. The molecule has 0 radical (unpaired) electrons. The molecule has 0 saturated carbocycles. The second kappa shape index (κ2) is 5.19. The van der Waals surface area contributed by atoms with Crippen molar-refractivity contribution in [2.24, 2.45) is 11.5 Å². The number of amides is 3. The fraction of sp³-hybridized carbons (Fsp3) is 0. The van der Waals surface area contributed by atoms with Crippen LogP contribution in [0.3, 0.4) is 0 Å². The van der Waals surface area contributed by atoms with Crippen molar-refractivity contribution in [1.29, 1.82) is 0 Å². The number of fused-ring (bicyclic) bond motifs is 1. The second-order valence-electron chi connectivity index (χ2n) is 4.35. The first-order chi connectivity index (χ1) is 10.1. The van der Waals surface area contributed by atoms with Crippen LogP contribution in [-0.4, -0.2) is 11.9 Å². The molecule has 0 aliphatic rings. The van der Waals surface area contributed by atoms with E-state index >= 15 is 0 Å². The first kappa shape index (κ1) is 13.6. The Balaban J connectivity index is 2.14. The highest BCUT2D eigenvalue weighted by molar-refractivity contribution is 7.21. The molecule has 0 bridgehead atoms. The summed E-state index contributed by atoms with van der Waals surface area (Å²) in [6, 6.07) is 8.96. The molecule has 7 heteroatoms. The molecule has 106 valence electrons. The third-order valence-electron chi connectivity index (χ3n) is 2.98. The Labute approximate surface area is 128 Å². The predicted octanol–water partition coefficient (Wildman–Crippen LogP) is 3.22. The summed E-state index contributed by atoms with van der Waals surface area (Å²) in [7, 11) is 0. The Hall–Kier alpha value is -2.38. The van der Waals surface area contributed by atoms with E-state index in [1.54, 1.807) is 17.4 Å². The van der Waals surface area contributed by atoms with Gasteiger partial charge in [-0.2, -0.15) is 0 Å². The van der Waals surface area contributed by atoms with Gasteiger partial charge in [-0.1, -0.05) is 18.2 Å². The lowest BCUT2D eigenvalue weighted by Crippen LogP contribution is -2.21. The van der Waals surface area contributed by atoms with Gasteiger partial charge >= 0.3 is 6.03 Å². The van der Waals surface area contributed by atoms with Gasteiger partial charge in [0.25, 0.3) is 5.91 Å². The van der Waals surface area contributed by atoms with Crippen LogP contribution >= 0.6 is 22.7 Å². The molecule has 1 aromatic carbocycles. The van der Waals surface area contributed by atoms with Crippen LogP contribution in [0.5, 0.6) is 0 Å². The zero-order chi connectivity index (χ0) is 15.0. The lowest BCUT2D eigenvalue weighted by Gasteiger charge is -1.98. The highest BCUT2D eigenvalue weighted by Crippen LogP contribution is 2.40. The van der Waals surface area contributed by atoms with Crippen molar-refractivity contribution in [1.82, 2.24) is 0 Å². The van der Waals surface area contributed by atoms with Gasteiger partial charge in [-0.15, -0.1) is 22.7 Å². The highest BCUT2D eigenvalue weighted by Gasteiger charge is 2.17. The first-order valence-electron chi connectivity index (χ1n) is 6.03. The number of rotatable bonds is 3. The van der Waals surface area contributed by atoms with Crippen LogP contribution in [0.4, 0.5) is 9.80 Å². The molecule has 0 spiro atoms. The van der Waals surface area contributed by atoms with E-state index in [2.05, 4.69) is 5.32 Å². The van der Waals surface area contributed by atoms with Crippen LogP contribution in [0.15, 0.2) is 35.7 Å². The summed E-state index contributed by atoms with van der Waals surface area (Å²) in [5.41, 5.74) is 11.7. The maximum absolute atomic E-state index is 11.5. The Bertz CT molecular complexity index is 851. The number of primary amides is 2. The number of nitrogens with two attached hydrogens (primary N) is 2. The lowest BCUT2D eigenvalue weighted by atomic mass is 10.1. The normalized spacial score (nSPS) is 10.7. The molecule has 0 fully saturated rings. The van der Waals surface area contributed by atoms with Gasteiger partial charge in [-0.05, 0) is 12.1 Å². The van der Waals surface area contributed by atoms with Crippen molar-refractivity contribution in [3.63, 3.8) is 0 Å². The third kappa shape index (κ3) is 2.48. The Morgan fingerprint density at radius 1 is 1.14 bits per heavy atom. The number of thiophene rings is 2. The van der Waals surface area contributed by atoms with Crippen molar-refractivity contribution in [2.75, 3.05) is 5.32 Å². The number of carbonyl (C=O) groups is 2. The van der Waals surface area contributed by atoms with Crippen molar-refractivity contribution in [3.8, 4) is 10.4 Å². The molecule has 2 heterocycles. The maximum atomic E-state index is 11.5. The number of hydrogen-bond donors (Lipinski definition) is 3. The minimum atomic E-state index is -0.721. The zero-order valence-electron chi connectivity index (χ0n) is 10.8. The van der Waals surface area contributed by atoms with Crippen LogP contribution < -0.4 is 16.8 Å². The van der Waals surface area contributed by atoms with E-state index in [4.69, 9.17) is 11.5 Å². The molecule has 0 atom stereocenters. The van der Waals surface area contributed by atoms with Gasteiger partial charge < -0.3 is 11.5 Å². The molecule has 21 heavy (non-hydrogen) atoms. The lowest BCUT2D eigenvalue weighted by molar-refractivity contribution is 0.100. The SMILES string of the molecule is NC(=O)Nc1sc(-c2csc3ccccc23)cc1C(N)=O. The van der Waals surface area contributed by atoms with Gasteiger partial charge in [0.1, 0.15) is 5.00 Å². The number of hydrogen-bond acceptors (Lipinski definition) is 4. The monoisotopic (exact) mass is 317 g/mol. The molecule has 3 rings (SSSR count). The molecule has 2 aromatic heterocycles. The van der Waals surface area contributed by atoms with E-state index in [0.29, 0.717) is 5.00 Å². The summed E-state index contributed by atoms with van der Waals surface area (Å²) >= 11 is 2.91. The number of urea groups is 1. The Kier molecular flexibility index (Phi) is 3.36. The van der Waals surface area contributed by atoms with E-state index in [0.717, 1.165) is 20.5 Å². The van der Waals surface area contributed by atoms with Gasteiger partial charge in [0.15, 0.2) is 0 Å². The molecule has 0 saturated heterocycles. The van der Waals surface area contributed by atoms with Crippen LogP contribution in [0, 0.1) is 0 Å². The molecule has 5 N–H and O–H groups in total. The van der Waals surface area contributed by atoms with Gasteiger partial charge in [-0.3, -0.25) is 10.1 Å². The standard InChI is InChI=1S/C14H11N3O2S2/c15-12(18)8-5-11(21-13(8)17-14(16)19)9-6-20-10-4-2-1-3-7(9)10/h1-6H,(H2,15,18)(H3,16,17,19). The topological polar surface area (TPSA) is 98.2 Å². The van der Waals surface area contributed by atoms with E-state index in [1.165, 1.54) is 11.3 Å². The van der Waals surface area contributed by atoms with Crippen LogP contribution in [0.1, 0.15) is 10.4 Å². The summed E-state index contributed by atoms with van der Waals surface area (Å²) < 4.78 is 1.16. The number of carbonyl (C=O) groups excluding carboxylic acids is 2. The average molecular weight is 317 g/mol. The van der Waals surface area contributed by atoms with Gasteiger partial charge in [0, 0.05) is 25.9 Å². The number of nitrogens with one attached hydrogen (secondary N) is 1. The summed E-state index contributed by atoms with van der Waals surface area (Å²) in [5.74, 6) is -0.596. The summed E-state index contributed by atoms with van der Waals surface area (Å²) in [4.78, 5) is 23.4. The Morgan fingerprint density at radius 2 is 1.90 bits per heavy atom. The minimum Gasteiger partial charge on any atom is -0.366 e. The van der Waals surface area contributed by atoms with Gasteiger partial charge in [-0.25, -0.2) is 4.79 Å². The molecule has 3 amide bonds.